The highest BCUT2D eigenvalue weighted by molar-refractivity contribution is 5.92. The third-order valence-electron chi connectivity index (χ3n) is 3.83. The minimum absolute atomic E-state index is 0.151. The molecule has 0 bridgehead atoms. The van der Waals surface area contributed by atoms with E-state index in [1.165, 1.54) is 0 Å². The topological polar surface area (TPSA) is 91.3 Å². The number of aromatic nitrogens is 1. The molecule has 0 atom stereocenters. The van der Waals surface area contributed by atoms with E-state index in [1.54, 1.807) is 25.4 Å². The number of carbonyl (C=O) groups excluding carboxylic acids is 1. The van der Waals surface area contributed by atoms with Crippen LogP contribution in [0.1, 0.15) is 36.2 Å². The van der Waals surface area contributed by atoms with Crippen LogP contribution in [0.2, 0.25) is 0 Å². The molecule has 108 valence electrons. The number of hydrogen-bond donors (Lipinski definition) is 3. The maximum atomic E-state index is 11.5. The first-order valence-electron chi connectivity index (χ1n) is 6.68. The van der Waals surface area contributed by atoms with Gasteiger partial charge in [-0.25, -0.2) is 0 Å². The number of hydrogen-bond acceptors (Lipinski definition) is 4. The van der Waals surface area contributed by atoms with Crippen LogP contribution in [0.3, 0.4) is 0 Å². The van der Waals surface area contributed by atoms with Gasteiger partial charge in [0.1, 0.15) is 5.69 Å². The first kappa shape index (κ1) is 14.3. The zero-order chi connectivity index (χ0) is 14.6. The molecule has 0 aliphatic heterocycles. The summed E-state index contributed by atoms with van der Waals surface area (Å²) in [6, 6.07) is 3.45. The van der Waals surface area contributed by atoms with Crippen molar-refractivity contribution < 1.29 is 14.7 Å². The van der Waals surface area contributed by atoms with Crippen LogP contribution in [-0.4, -0.2) is 35.6 Å². The summed E-state index contributed by atoms with van der Waals surface area (Å²) in [6.07, 6.45) is 4.69. The number of pyridine rings is 1. The first-order valence-corrected chi connectivity index (χ1v) is 6.68. The van der Waals surface area contributed by atoms with Crippen LogP contribution < -0.4 is 10.6 Å². The quantitative estimate of drug-likeness (QED) is 0.733. The lowest BCUT2D eigenvalue weighted by atomic mass is 9.66. The molecule has 0 aromatic carbocycles. The Morgan fingerprint density at radius 3 is 2.75 bits per heavy atom. The average molecular weight is 277 g/mol. The van der Waals surface area contributed by atoms with Crippen molar-refractivity contribution in [1.29, 1.82) is 0 Å². The number of aliphatic carboxylic acids is 1. The summed E-state index contributed by atoms with van der Waals surface area (Å²) in [4.78, 5) is 26.4. The number of anilines is 1. The van der Waals surface area contributed by atoms with E-state index >= 15 is 0 Å². The van der Waals surface area contributed by atoms with Gasteiger partial charge >= 0.3 is 5.97 Å². The third-order valence-corrected chi connectivity index (χ3v) is 3.83. The van der Waals surface area contributed by atoms with Crippen LogP contribution in [0, 0.1) is 5.41 Å². The predicted octanol–water partition coefficient (Wildman–Crippen LogP) is 1.50. The van der Waals surface area contributed by atoms with Gasteiger partial charge in [0, 0.05) is 25.5 Å². The highest BCUT2D eigenvalue weighted by Gasteiger charge is 2.38. The molecule has 6 nitrogen and oxygen atoms in total. The standard InChI is InChI=1S/C14H19N3O3/c1-15-13(20)11-7-10(3-6-16-11)17-9-14(4-2-5-14)8-12(18)19/h3,6-7H,2,4-5,8-9H2,1H3,(H,15,20)(H,16,17)(H,18,19). The van der Waals surface area contributed by atoms with Crippen LogP contribution >= 0.6 is 0 Å². The lowest BCUT2D eigenvalue weighted by Crippen LogP contribution is -2.38. The molecule has 1 aliphatic rings. The second kappa shape index (κ2) is 5.90. The molecule has 1 heterocycles. The molecular weight excluding hydrogens is 258 g/mol. The molecule has 1 aromatic rings. The Kier molecular flexibility index (Phi) is 4.22. The molecule has 0 unspecified atom stereocenters. The lowest BCUT2D eigenvalue weighted by Gasteiger charge is -2.41. The molecule has 20 heavy (non-hydrogen) atoms. The van der Waals surface area contributed by atoms with Crippen molar-refractivity contribution in [2.75, 3.05) is 18.9 Å². The predicted molar refractivity (Wildman–Crippen MR) is 74.7 cm³/mol. The van der Waals surface area contributed by atoms with Gasteiger partial charge in [-0.3, -0.25) is 14.6 Å². The summed E-state index contributed by atoms with van der Waals surface area (Å²) in [5.74, 6) is -0.996. The Hall–Kier alpha value is -2.11. The van der Waals surface area contributed by atoms with Crippen molar-refractivity contribution in [3.05, 3.63) is 24.0 Å². The van der Waals surface area contributed by atoms with Crippen LogP contribution in [0.15, 0.2) is 18.3 Å². The Bertz CT molecular complexity index is 512. The van der Waals surface area contributed by atoms with Gasteiger partial charge in [0.05, 0.1) is 6.42 Å². The number of rotatable bonds is 6. The number of carbonyl (C=O) groups is 2. The van der Waals surface area contributed by atoms with Crippen LogP contribution in [0.4, 0.5) is 5.69 Å². The summed E-state index contributed by atoms with van der Waals surface area (Å²) >= 11 is 0. The average Bonchev–Trinajstić information content (AvgIpc) is 2.40. The zero-order valence-corrected chi connectivity index (χ0v) is 11.5. The Balaban J connectivity index is 2.00. The Morgan fingerprint density at radius 1 is 1.45 bits per heavy atom. The van der Waals surface area contributed by atoms with E-state index in [9.17, 15) is 9.59 Å². The van der Waals surface area contributed by atoms with Gasteiger partial charge in [-0.05, 0) is 30.4 Å². The number of carboxylic acids is 1. The van der Waals surface area contributed by atoms with Crippen molar-refractivity contribution >= 4 is 17.6 Å². The largest absolute Gasteiger partial charge is 0.481 e. The third kappa shape index (κ3) is 3.26. The molecule has 1 fully saturated rings. The highest BCUT2D eigenvalue weighted by atomic mass is 16.4. The highest BCUT2D eigenvalue weighted by Crippen LogP contribution is 2.43. The second-order valence-corrected chi connectivity index (χ2v) is 5.29. The number of nitrogens with one attached hydrogen (secondary N) is 2. The van der Waals surface area contributed by atoms with Crippen molar-refractivity contribution in [2.24, 2.45) is 5.41 Å². The summed E-state index contributed by atoms with van der Waals surface area (Å²) < 4.78 is 0. The van der Waals surface area contributed by atoms with Crippen LogP contribution in [-0.2, 0) is 4.79 Å². The van der Waals surface area contributed by atoms with Gasteiger partial charge in [-0.1, -0.05) is 6.42 Å². The maximum absolute atomic E-state index is 11.5. The van der Waals surface area contributed by atoms with E-state index in [4.69, 9.17) is 5.11 Å². The molecule has 1 aromatic heterocycles. The molecular formula is C14H19N3O3. The van der Waals surface area contributed by atoms with Gasteiger partial charge < -0.3 is 15.7 Å². The minimum atomic E-state index is -0.757. The Labute approximate surface area is 117 Å². The fourth-order valence-electron chi connectivity index (χ4n) is 2.50. The monoisotopic (exact) mass is 277 g/mol. The fraction of sp³-hybridized carbons (Fsp3) is 0.500. The maximum Gasteiger partial charge on any atom is 0.303 e. The molecule has 0 saturated heterocycles. The molecule has 2 rings (SSSR count). The number of amides is 1. The van der Waals surface area contributed by atoms with Crippen molar-refractivity contribution in [2.45, 2.75) is 25.7 Å². The Morgan fingerprint density at radius 2 is 2.20 bits per heavy atom. The summed E-state index contributed by atoms with van der Waals surface area (Å²) in [7, 11) is 1.56. The van der Waals surface area contributed by atoms with E-state index in [1.807, 2.05) is 0 Å². The summed E-state index contributed by atoms with van der Waals surface area (Å²) in [5, 5.41) is 14.7. The lowest BCUT2D eigenvalue weighted by molar-refractivity contribution is -0.141. The van der Waals surface area contributed by atoms with E-state index in [0.29, 0.717) is 12.2 Å². The van der Waals surface area contributed by atoms with Gasteiger partial charge in [-0.2, -0.15) is 0 Å². The summed E-state index contributed by atoms with van der Waals surface area (Å²) in [6.45, 7) is 0.608. The van der Waals surface area contributed by atoms with Gasteiger partial charge in [-0.15, -0.1) is 0 Å². The second-order valence-electron chi connectivity index (χ2n) is 5.29. The van der Waals surface area contributed by atoms with Crippen molar-refractivity contribution in [3.63, 3.8) is 0 Å². The zero-order valence-electron chi connectivity index (χ0n) is 11.5. The molecule has 0 radical (unpaired) electrons. The minimum Gasteiger partial charge on any atom is -0.481 e. The van der Waals surface area contributed by atoms with E-state index in [2.05, 4.69) is 15.6 Å². The molecule has 1 amide bonds. The smallest absolute Gasteiger partial charge is 0.303 e. The van der Waals surface area contributed by atoms with E-state index < -0.39 is 5.97 Å². The molecule has 0 spiro atoms. The molecule has 3 N–H and O–H groups in total. The van der Waals surface area contributed by atoms with E-state index in [0.717, 1.165) is 24.9 Å². The van der Waals surface area contributed by atoms with Gasteiger partial charge in [0.2, 0.25) is 0 Å². The number of carboxylic acid groups (broad SMARTS) is 1. The van der Waals surface area contributed by atoms with E-state index in [-0.39, 0.29) is 17.7 Å². The summed E-state index contributed by atoms with van der Waals surface area (Å²) in [5.41, 5.74) is 0.983. The van der Waals surface area contributed by atoms with Gasteiger partial charge in [0.15, 0.2) is 0 Å². The fourth-order valence-corrected chi connectivity index (χ4v) is 2.50. The molecule has 1 saturated carbocycles. The normalized spacial score (nSPS) is 16.1. The van der Waals surface area contributed by atoms with Gasteiger partial charge in [0.25, 0.3) is 5.91 Å². The molecule has 1 aliphatic carbocycles. The first-order chi connectivity index (χ1) is 9.54. The molecule has 6 heteroatoms. The van der Waals surface area contributed by atoms with Crippen molar-refractivity contribution in [1.82, 2.24) is 10.3 Å². The van der Waals surface area contributed by atoms with Crippen LogP contribution in [0.25, 0.3) is 0 Å². The number of nitrogens with zero attached hydrogens (tertiary/aromatic N) is 1. The van der Waals surface area contributed by atoms with Crippen LogP contribution in [0.5, 0.6) is 0 Å². The SMILES string of the molecule is CNC(=O)c1cc(NCC2(CC(=O)O)CCC2)ccn1. The van der Waals surface area contributed by atoms with Crippen molar-refractivity contribution in [3.8, 4) is 0 Å².